The van der Waals surface area contributed by atoms with Crippen LogP contribution >= 0.6 is 23.2 Å². The van der Waals surface area contributed by atoms with Crippen LogP contribution in [0.4, 0.5) is 0 Å². The van der Waals surface area contributed by atoms with Crippen molar-refractivity contribution >= 4 is 29.0 Å². The highest BCUT2D eigenvalue weighted by atomic mass is 35.5. The van der Waals surface area contributed by atoms with Gasteiger partial charge in [0, 0.05) is 6.42 Å². The zero-order valence-electron chi connectivity index (χ0n) is 6.18. The van der Waals surface area contributed by atoms with Gasteiger partial charge in [-0.2, -0.15) is 0 Å². The van der Waals surface area contributed by atoms with Crippen LogP contribution in [0.1, 0.15) is 16.8 Å². The number of Topliss-reactive ketones (excluding diaryl/α,β-unsaturated/α-hetero) is 1. The lowest BCUT2D eigenvalue weighted by Crippen LogP contribution is -1.98. The number of halogens is 2. The molecular formula is C8H6Cl2NO. The summed E-state index contributed by atoms with van der Waals surface area (Å²) < 4.78 is 0. The highest BCUT2D eigenvalue weighted by Gasteiger charge is 2.08. The zero-order chi connectivity index (χ0) is 9.14. The maximum absolute atomic E-state index is 11.1. The van der Waals surface area contributed by atoms with Gasteiger partial charge in [0.1, 0.15) is 10.3 Å². The fraction of sp³-hybridized carbons (Fsp3) is 0.125. The Morgan fingerprint density at radius 2 is 2.17 bits per heavy atom. The largest absolute Gasteiger partial charge is 0.294 e. The average molecular weight is 203 g/mol. The maximum atomic E-state index is 11.1. The Morgan fingerprint density at radius 3 is 2.67 bits per heavy atom. The van der Waals surface area contributed by atoms with Gasteiger partial charge in [-0.15, -0.1) is 0 Å². The second-order valence-corrected chi connectivity index (χ2v) is 2.89. The smallest absolute Gasteiger partial charge is 0.165 e. The van der Waals surface area contributed by atoms with Crippen LogP contribution in [0, 0.1) is 6.92 Å². The second-order valence-electron chi connectivity index (χ2n) is 2.15. The Kier molecular flexibility index (Phi) is 3.06. The molecule has 1 heterocycles. The third-order valence-corrected chi connectivity index (χ3v) is 1.84. The summed E-state index contributed by atoms with van der Waals surface area (Å²) in [5.41, 5.74) is 0.371. The van der Waals surface area contributed by atoms with E-state index in [2.05, 4.69) is 11.9 Å². The SMILES string of the molecule is [CH2]CC(=O)c1ccc(Cl)nc1Cl. The number of hydrogen-bond donors (Lipinski definition) is 0. The first-order chi connectivity index (χ1) is 5.65. The molecule has 0 bridgehead atoms. The zero-order valence-corrected chi connectivity index (χ0v) is 7.69. The molecule has 1 aromatic rings. The Balaban J connectivity index is 3.09. The molecule has 0 saturated carbocycles. The minimum Gasteiger partial charge on any atom is -0.294 e. The molecule has 0 aliphatic carbocycles. The summed E-state index contributed by atoms with van der Waals surface area (Å²) in [6.07, 6.45) is 0.170. The van der Waals surface area contributed by atoms with E-state index >= 15 is 0 Å². The molecule has 0 amide bonds. The molecule has 4 heteroatoms. The van der Waals surface area contributed by atoms with Crippen molar-refractivity contribution in [3.63, 3.8) is 0 Å². The summed E-state index contributed by atoms with van der Waals surface area (Å²) >= 11 is 11.2. The Hall–Kier alpha value is -0.600. The second kappa shape index (κ2) is 3.87. The van der Waals surface area contributed by atoms with Crippen LogP contribution in [-0.2, 0) is 0 Å². The monoisotopic (exact) mass is 202 g/mol. The standard InChI is InChI=1S/C8H6Cl2NO/c1-2-6(12)5-3-4-7(9)11-8(5)10/h3-4H,1-2H2. The molecule has 0 atom stereocenters. The Labute approximate surface area is 80.5 Å². The summed E-state index contributed by atoms with van der Waals surface area (Å²) in [4.78, 5) is 14.8. The predicted octanol–water partition coefficient (Wildman–Crippen LogP) is 2.80. The van der Waals surface area contributed by atoms with Crippen molar-refractivity contribution < 1.29 is 4.79 Å². The van der Waals surface area contributed by atoms with Crippen molar-refractivity contribution in [2.24, 2.45) is 0 Å². The fourth-order valence-corrected chi connectivity index (χ4v) is 1.20. The lowest BCUT2D eigenvalue weighted by Gasteiger charge is -1.99. The molecule has 0 aliphatic heterocycles. The lowest BCUT2D eigenvalue weighted by atomic mass is 10.1. The van der Waals surface area contributed by atoms with Gasteiger partial charge >= 0.3 is 0 Å². The average Bonchev–Trinajstić information content (AvgIpc) is 2.03. The van der Waals surface area contributed by atoms with Gasteiger partial charge in [0.25, 0.3) is 0 Å². The van der Waals surface area contributed by atoms with Crippen LogP contribution in [0.25, 0.3) is 0 Å². The first-order valence-electron chi connectivity index (χ1n) is 3.29. The molecular weight excluding hydrogens is 197 g/mol. The van der Waals surface area contributed by atoms with Gasteiger partial charge in [0.2, 0.25) is 0 Å². The summed E-state index contributed by atoms with van der Waals surface area (Å²) in [5.74, 6) is -0.135. The van der Waals surface area contributed by atoms with E-state index in [0.717, 1.165) is 0 Å². The van der Waals surface area contributed by atoms with Crippen LogP contribution < -0.4 is 0 Å². The summed E-state index contributed by atoms with van der Waals surface area (Å²) in [7, 11) is 0. The number of carbonyl (C=O) groups is 1. The van der Waals surface area contributed by atoms with Crippen LogP contribution in [0.3, 0.4) is 0 Å². The molecule has 1 rings (SSSR count). The van der Waals surface area contributed by atoms with Crippen LogP contribution in [0.15, 0.2) is 12.1 Å². The highest BCUT2D eigenvalue weighted by molar-refractivity contribution is 6.34. The van der Waals surface area contributed by atoms with Crippen molar-refractivity contribution in [2.75, 3.05) is 0 Å². The number of aromatic nitrogens is 1. The van der Waals surface area contributed by atoms with E-state index in [1.807, 2.05) is 0 Å². The van der Waals surface area contributed by atoms with E-state index in [1.165, 1.54) is 6.07 Å². The quantitative estimate of drug-likeness (QED) is 0.546. The minimum atomic E-state index is -0.135. The normalized spacial score (nSPS) is 9.92. The van der Waals surface area contributed by atoms with E-state index < -0.39 is 0 Å². The number of ketones is 1. The van der Waals surface area contributed by atoms with Crippen molar-refractivity contribution in [1.29, 1.82) is 0 Å². The van der Waals surface area contributed by atoms with Gasteiger partial charge in [-0.3, -0.25) is 4.79 Å². The van der Waals surface area contributed by atoms with Crippen LogP contribution in [-0.4, -0.2) is 10.8 Å². The predicted molar refractivity (Wildman–Crippen MR) is 48.6 cm³/mol. The van der Waals surface area contributed by atoms with Crippen molar-refractivity contribution in [1.82, 2.24) is 4.98 Å². The number of rotatable bonds is 2. The Bertz CT molecular complexity index is 312. The molecule has 0 aliphatic rings. The molecule has 63 valence electrons. The molecule has 0 N–H and O–H groups in total. The van der Waals surface area contributed by atoms with E-state index in [1.54, 1.807) is 6.07 Å². The maximum Gasteiger partial charge on any atom is 0.165 e. The fourth-order valence-electron chi connectivity index (χ4n) is 0.755. The first-order valence-corrected chi connectivity index (χ1v) is 4.05. The highest BCUT2D eigenvalue weighted by Crippen LogP contribution is 2.17. The van der Waals surface area contributed by atoms with Crippen molar-refractivity contribution in [3.05, 3.63) is 34.9 Å². The number of pyridine rings is 1. The van der Waals surface area contributed by atoms with E-state index in [4.69, 9.17) is 23.2 Å². The summed E-state index contributed by atoms with van der Waals surface area (Å²) in [6.45, 7) is 3.46. The van der Waals surface area contributed by atoms with Gasteiger partial charge in [-0.1, -0.05) is 23.2 Å². The molecule has 0 unspecified atom stereocenters. The van der Waals surface area contributed by atoms with Crippen LogP contribution in [0.5, 0.6) is 0 Å². The molecule has 0 fully saturated rings. The molecule has 0 aromatic carbocycles. The molecule has 2 nitrogen and oxygen atoms in total. The van der Waals surface area contributed by atoms with Gasteiger partial charge < -0.3 is 0 Å². The van der Waals surface area contributed by atoms with Gasteiger partial charge in [0.15, 0.2) is 5.78 Å². The number of nitrogens with zero attached hydrogens (tertiary/aromatic N) is 1. The van der Waals surface area contributed by atoms with E-state index in [-0.39, 0.29) is 22.5 Å². The molecule has 1 radical (unpaired) electrons. The van der Waals surface area contributed by atoms with Gasteiger partial charge in [-0.25, -0.2) is 4.98 Å². The van der Waals surface area contributed by atoms with E-state index in [0.29, 0.717) is 5.56 Å². The van der Waals surface area contributed by atoms with Crippen LogP contribution in [0.2, 0.25) is 10.3 Å². The van der Waals surface area contributed by atoms with E-state index in [9.17, 15) is 4.79 Å². The molecule has 12 heavy (non-hydrogen) atoms. The third kappa shape index (κ3) is 1.96. The number of carbonyl (C=O) groups excluding carboxylic acids is 1. The first kappa shape index (κ1) is 9.49. The molecule has 0 saturated heterocycles. The summed E-state index contributed by atoms with van der Waals surface area (Å²) in [6, 6.07) is 3.07. The van der Waals surface area contributed by atoms with Crippen molar-refractivity contribution in [2.45, 2.75) is 6.42 Å². The van der Waals surface area contributed by atoms with Gasteiger partial charge in [-0.05, 0) is 19.1 Å². The summed E-state index contributed by atoms with van der Waals surface area (Å²) in [5, 5.41) is 0.414. The topological polar surface area (TPSA) is 30.0 Å². The number of hydrogen-bond acceptors (Lipinski definition) is 2. The lowest BCUT2D eigenvalue weighted by molar-refractivity contribution is 0.0995. The van der Waals surface area contributed by atoms with Crippen molar-refractivity contribution in [3.8, 4) is 0 Å². The molecule has 1 aromatic heterocycles. The third-order valence-electron chi connectivity index (χ3n) is 1.34. The minimum absolute atomic E-state index is 0.135. The molecule has 0 spiro atoms. The Morgan fingerprint density at radius 1 is 1.50 bits per heavy atom. The van der Waals surface area contributed by atoms with Gasteiger partial charge in [0.05, 0.1) is 5.56 Å².